The number of rotatable bonds is 3. The summed E-state index contributed by atoms with van der Waals surface area (Å²) in [5.41, 5.74) is 0. The summed E-state index contributed by atoms with van der Waals surface area (Å²) in [7, 11) is 0. The predicted molar refractivity (Wildman–Crippen MR) is 41.2 cm³/mol. The molecule has 1 fully saturated rings. The average Bonchev–Trinajstić information content (AvgIpc) is 2.34. The van der Waals surface area contributed by atoms with Gasteiger partial charge in [-0.2, -0.15) is 12.3 Å². The molecule has 1 aliphatic rings. The van der Waals surface area contributed by atoms with Crippen molar-refractivity contribution in [3.05, 3.63) is 6.42 Å². The molecular weight excluding hydrogens is 115 g/mol. The third-order valence-electron chi connectivity index (χ3n) is 2.21. The Morgan fingerprint density at radius 2 is 2.30 bits per heavy atom. The molecule has 0 spiro atoms. The second kappa shape index (κ2) is 6.32. The Balaban J connectivity index is 0.000000810. The normalized spacial score (nSPS) is 24.3. The van der Waals surface area contributed by atoms with E-state index in [-0.39, 0.29) is 18.9 Å². The van der Waals surface area contributed by atoms with Crippen molar-refractivity contribution in [3.63, 3.8) is 0 Å². The van der Waals surface area contributed by atoms with Gasteiger partial charge in [-0.05, 0) is 0 Å². The van der Waals surface area contributed by atoms with Gasteiger partial charge < -0.3 is 6.42 Å². The van der Waals surface area contributed by atoms with E-state index >= 15 is 0 Å². The van der Waals surface area contributed by atoms with Crippen molar-refractivity contribution in [2.24, 2.45) is 5.92 Å². The number of hydrogen-bond acceptors (Lipinski definition) is 0. The first-order chi connectivity index (χ1) is 4.43. The molecule has 0 heterocycles. The van der Waals surface area contributed by atoms with Crippen molar-refractivity contribution in [2.75, 3.05) is 0 Å². The van der Waals surface area contributed by atoms with Crippen molar-refractivity contribution >= 4 is 0 Å². The summed E-state index contributed by atoms with van der Waals surface area (Å²) in [6.07, 6.45) is 11.1. The van der Waals surface area contributed by atoms with E-state index in [4.69, 9.17) is 0 Å². The van der Waals surface area contributed by atoms with Crippen LogP contribution >= 0.6 is 0 Å². The van der Waals surface area contributed by atoms with Gasteiger partial charge in [0.25, 0.3) is 0 Å². The maximum Gasteiger partial charge on any atom is 1.00 e. The minimum Gasteiger partial charge on any atom is -0.325 e. The first-order valence-electron chi connectivity index (χ1n) is 4.27. The molecule has 1 saturated carbocycles. The van der Waals surface area contributed by atoms with Crippen LogP contribution in [-0.2, 0) is 0 Å². The topological polar surface area (TPSA) is 0 Å². The quantitative estimate of drug-likeness (QED) is 0.380. The Kier molecular flexibility index (Phi) is 6.69. The molecule has 0 aromatic heterocycles. The Labute approximate surface area is 77.0 Å². The van der Waals surface area contributed by atoms with Crippen LogP contribution in [0.3, 0.4) is 0 Å². The zero-order valence-corrected chi connectivity index (χ0v) is 7.40. The van der Waals surface area contributed by atoms with Crippen molar-refractivity contribution in [1.29, 1.82) is 0 Å². The zero-order valence-electron chi connectivity index (χ0n) is 7.40. The van der Waals surface area contributed by atoms with Gasteiger partial charge in [-0.1, -0.05) is 39.0 Å². The molecule has 1 atom stereocenters. The van der Waals surface area contributed by atoms with Crippen molar-refractivity contribution < 1.29 is 18.9 Å². The van der Waals surface area contributed by atoms with Crippen molar-refractivity contribution in [1.82, 2.24) is 0 Å². The van der Waals surface area contributed by atoms with Crippen LogP contribution < -0.4 is 18.9 Å². The average molecular weight is 132 g/mol. The zero-order chi connectivity index (χ0) is 6.53. The maximum absolute atomic E-state index is 2.51. The second-order valence-electron chi connectivity index (χ2n) is 3.07. The van der Waals surface area contributed by atoms with Gasteiger partial charge in [0, 0.05) is 0 Å². The second-order valence-corrected chi connectivity index (χ2v) is 3.07. The van der Waals surface area contributed by atoms with Crippen LogP contribution in [-0.4, -0.2) is 0 Å². The maximum atomic E-state index is 2.51. The van der Waals surface area contributed by atoms with Gasteiger partial charge in [0.1, 0.15) is 0 Å². The molecule has 0 aromatic rings. The van der Waals surface area contributed by atoms with E-state index in [1.54, 1.807) is 0 Å². The van der Waals surface area contributed by atoms with E-state index in [9.17, 15) is 0 Å². The molecule has 0 aliphatic heterocycles. The molecule has 0 aromatic carbocycles. The van der Waals surface area contributed by atoms with E-state index in [1.165, 1.54) is 38.5 Å². The molecule has 10 heavy (non-hydrogen) atoms. The van der Waals surface area contributed by atoms with Crippen LogP contribution in [0.5, 0.6) is 0 Å². The standard InChI is InChI=1S/C9H17.Li/c1-2-3-6-9-7-4-5-8-9;/h7,9H,2-6,8H2,1H3;/q-1;+1. The first kappa shape index (κ1) is 10.6. The Hall–Kier alpha value is 0.597. The molecule has 0 amide bonds. The molecule has 54 valence electrons. The smallest absolute Gasteiger partial charge is 0.325 e. The summed E-state index contributed by atoms with van der Waals surface area (Å²) in [5, 5.41) is 0. The number of unbranched alkanes of at least 4 members (excludes halogenated alkanes) is 1. The molecule has 0 nitrogen and oxygen atoms in total. The molecule has 1 unspecified atom stereocenters. The van der Waals surface area contributed by atoms with E-state index in [2.05, 4.69) is 13.3 Å². The van der Waals surface area contributed by atoms with Crippen molar-refractivity contribution in [2.45, 2.75) is 45.4 Å². The molecule has 1 rings (SSSR count). The largest absolute Gasteiger partial charge is 1.00 e. The van der Waals surface area contributed by atoms with Gasteiger partial charge in [0.15, 0.2) is 0 Å². The monoisotopic (exact) mass is 132 g/mol. The van der Waals surface area contributed by atoms with Gasteiger partial charge >= 0.3 is 18.9 Å². The summed E-state index contributed by atoms with van der Waals surface area (Å²) in [6.45, 7) is 2.27. The molecule has 0 radical (unpaired) electrons. The molecule has 1 heteroatoms. The fraction of sp³-hybridized carbons (Fsp3) is 0.889. The van der Waals surface area contributed by atoms with Crippen LogP contribution in [0, 0.1) is 12.3 Å². The van der Waals surface area contributed by atoms with Crippen LogP contribution in [0.2, 0.25) is 0 Å². The van der Waals surface area contributed by atoms with Crippen LogP contribution in [0.1, 0.15) is 45.4 Å². The van der Waals surface area contributed by atoms with Gasteiger partial charge in [-0.3, -0.25) is 0 Å². The summed E-state index contributed by atoms with van der Waals surface area (Å²) in [4.78, 5) is 0. The number of hydrogen-bond donors (Lipinski definition) is 0. The summed E-state index contributed by atoms with van der Waals surface area (Å²) in [6, 6.07) is 0. The fourth-order valence-electron chi connectivity index (χ4n) is 1.58. The van der Waals surface area contributed by atoms with Gasteiger partial charge in [0.2, 0.25) is 0 Å². The fourth-order valence-corrected chi connectivity index (χ4v) is 1.58. The SMILES string of the molecule is CCCCC1[CH-]CCC1.[Li+]. The predicted octanol–water partition coefficient (Wildman–Crippen LogP) is 0.185. The van der Waals surface area contributed by atoms with Gasteiger partial charge in [0.05, 0.1) is 0 Å². The van der Waals surface area contributed by atoms with E-state index in [0.29, 0.717) is 0 Å². The molecule has 0 saturated heterocycles. The third-order valence-corrected chi connectivity index (χ3v) is 2.21. The van der Waals surface area contributed by atoms with E-state index in [1.807, 2.05) is 0 Å². The van der Waals surface area contributed by atoms with Crippen LogP contribution in [0.15, 0.2) is 0 Å². The van der Waals surface area contributed by atoms with E-state index in [0.717, 1.165) is 5.92 Å². The molecular formula is C9H17Li. The Morgan fingerprint density at radius 1 is 1.50 bits per heavy atom. The minimum absolute atomic E-state index is 0. The summed E-state index contributed by atoms with van der Waals surface area (Å²) in [5.74, 6) is 0.991. The van der Waals surface area contributed by atoms with Crippen LogP contribution in [0.4, 0.5) is 0 Å². The van der Waals surface area contributed by atoms with E-state index < -0.39 is 0 Å². The summed E-state index contributed by atoms with van der Waals surface area (Å²) >= 11 is 0. The molecule has 1 aliphatic carbocycles. The molecule has 0 bridgehead atoms. The minimum atomic E-state index is 0. The Morgan fingerprint density at radius 3 is 2.80 bits per heavy atom. The van der Waals surface area contributed by atoms with Gasteiger partial charge in [-0.25, -0.2) is 0 Å². The summed E-state index contributed by atoms with van der Waals surface area (Å²) < 4.78 is 0. The molecule has 0 N–H and O–H groups in total. The Bertz CT molecular complexity index is 65.1. The van der Waals surface area contributed by atoms with Crippen LogP contribution in [0.25, 0.3) is 0 Å². The van der Waals surface area contributed by atoms with Gasteiger partial charge in [-0.15, -0.1) is 0 Å². The third kappa shape index (κ3) is 3.69. The first-order valence-corrected chi connectivity index (χ1v) is 4.27. The van der Waals surface area contributed by atoms with Crippen molar-refractivity contribution in [3.8, 4) is 0 Å².